The Kier molecular flexibility index (Phi) is 2.94. The molecule has 0 amide bonds. The average molecular weight is 307 g/mol. The summed E-state index contributed by atoms with van der Waals surface area (Å²) < 4.78 is 12.3. The first-order valence-corrected chi connectivity index (χ1v) is 8.02. The summed E-state index contributed by atoms with van der Waals surface area (Å²) in [6.45, 7) is 6.84. The number of aliphatic imine (C=N–C) groups is 1. The van der Waals surface area contributed by atoms with Gasteiger partial charge in [-0.3, -0.25) is 0 Å². The number of rotatable bonds is 3. The van der Waals surface area contributed by atoms with Gasteiger partial charge < -0.3 is 9.47 Å². The number of epoxide rings is 1. The molecule has 118 valence electrons. The molecular formula is C20H21NO2. The van der Waals surface area contributed by atoms with Crippen LogP contribution in [-0.2, 0) is 15.1 Å². The van der Waals surface area contributed by atoms with Crippen molar-refractivity contribution in [2.24, 2.45) is 4.99 Å². The average Bonchev–Trinajstić information content (AvgIpc) is 3.05. The minimum Gasteiger partial charge on any atom is -0.476 e. The second-order valence-corrected chi connectivity index (χ2v) is 7.07. The Balaban J connectivity index is 1.85. The zero-order valence-corrected chi connectivity index (χ0v) is 13.7. The van der Waals surface area contributed by atoms with Crippen molar-refractivity contribution in [3.05, 3.63) is 71.8 Å². The molecule has 2 aromatic carbocycles. The van der Waals surface area contributed by atoms with E-state index in [1.807, 2.05) is 36.4 Å². The van der Waals surface area contributed by atoms with Crippen molar-refractivity contribution in [1.29, 1.82) is 0 Å². The van der Waals surface area contributed by atoms with Crippen molar-refractivity contribution in [2.45, 2.75) is 37.5 Å². The Morgan fingerprint density at radius 2 is 1.35 bits per heavy atom. The molecule has 0 bridgehead atoms. The Labute approximate surface area is 137 Å². The highest BCUT2D eigenvalue weighted by Gasteiger charge is 2.73. The molecule has 1 saturated heterocycles. The van der Waals surface area contributed by atoms with E-state index >= 15 is 0 Å². The van der Waals surface area contributed by atoms with Gasteiger partial charge in [-0.15, -0.1) is 0 Å². The van der Waals surface area contributed by atoms with Gasteiger partial charge in [0.05, 0.1) is 5.54 Å². The monoisotopic (exact) mass is 307 g/mol. The van der Waals surface area contributed by atoms with Gasteiger partial charge in [0.2, 0.25) is 5.90 Å². The predicted octanol–water partition coefficient (Wildman–Crippen LogP) is 3.93. The van der Waals surface area contributed by atoms with Crippen LogP contribution >= 0.6 is 0 Å². The summed E-state index contributed by atoms with van der Waals surface area (Å²) >= 11 is 0. The maximum absolute atomic E-state index is 6.39. The molecule has 23 heavy (non-hydrogen) atoms. The van der Waals surface area contributed by atoms with Gasteiger partial charge in [-0.05, 0) is 31.9 Å². The number of nitrogens with zero attached hydrogens (tertiary/aromatic N) is 1. The zero-order valence-electron chi connectivity index (χ0n) is 13.7. The molecule has 1 atom stereocenters. The van der Waals surface area contributed by atoms with Crippen molar-refractivity contribution in [3.63, 3.8) is 0 Å². The van der Waals surface area contributed by atoms with E-state index in [4.69, 9.17) is 14.5 Å². The first-order chi connectivity index (χ1) is 11.0. The minimum atomic E-state index is -0.566. The standard InChI is InChI=1S/C20H21NO2/c1-18(2)14-22-17(21-18)19(3)20(23-19,15-10-6-4-7-11-15)16-12-8-5-9-13-16/h4-13H,14H2,1-3H3/t19-/m0/s1. The Bertz CT molecular complexity index is 712. The minimum absolute atomic E-state index is 0.191. The van der Waals surface area contributed by atoms with Gasteiger partial charge in [-0.2, -0.15) is 0 Å². The van der Waals surface area contributed by atoms with Crippen molar-refractivity contribution < 1.29 is 9.47 Å². The molecule has 0 saturated carbocycles. The van der Waals surface area contributed by atoms with Crippen LogP contribution in [0.2, 0.25) is 0 Å². The Morgan fingerprint density at radius 3 is 1.78 bits per heavy atom. The molecule has 1 fully saturated rings. The molecule has 2 aliphatic rings. The van der Waals surface area contributed by atoms with Crippen LogP contribution in [0.15, 0.2) is 65.7 Å². The van der Waals surface area contributed by atoms with E-state index in [1.54, 1.807) is 0 Å². The smallest absolute Gasteiger partial charge is 0.220 e. The quantitative estimate of drug-likeness (QED) is 0.805. The van der Waals surface area contributed by atoms with E-state index in [0.717, 1.165) is 11.1 Å². The molecule has 2 heterocycles. The maximum atomic E-state index is 6.39. The zero-order chi connectivity index (χ0) is 16.1. The van der Waals surface area contributed by atoms with Crippen LogP contribution in [0.4, 0.5) is 0 Å². The summed E-state index contributed by atoms with van der Waals surface area (Å²) in [5, 5.41) is 0. The molecule has 0 aromatic heterocycles. The molecule has 0 N–H and O–H groups in total. The van der Waals surface area contributed by atoms with Crippen molar-refractivity contribution in [1.82, 2.24) is 0 Å². The fraction of sp³-hybridized carbons (Fsp3) is 0.350. The molecule has 0 spiro atoms. The van der Waals surface area contributed by atoms with Crippen molar-refractivity contribution >= 4 is 5.90 Å². The van der Waals surface area contributed by atoms with Gasteiger partial charge in [-0.1, -0.05) is 60.7 Å². The van der Waals surface area contributed by atoms with Gasteiger partial charge in [0.25, 0.3) is 0 Å². The third-order valence-electron chi connectivity index (χ3n) is 4.72. The van der Waals surface area contributed by atoms with Gasteiger partial charge in [0.1, 0.15) is 6.61 Å². The van der Waals surface area contributed by atoms with Crippen LogP contribution in [0.1, 0.15) is 31.9 Å². The highest BCUT2D eigenvalue weighted by atomic mass is 16.7. The van der Waals surface area contributed by atoms with Gasteiger partial charge >= 0.3 is 0 Å². The summed E-state index contributed by atoms with van der Waals surface area (Å²) in [6.07, 6.45) is 0. The number of hydrogen-bond acceptors (Lipinski definition) is 3. The summed E-state index contributed by atoms with van der Waals surface area (Å²) in [5.74, 6) is 0.704. The summed E-state index contributed by atoms with van der Waals surface area (Å²) in [5.41, 5.74) is 0.969. The number of hydrogen-bond donors (Lipinski definition) is 0. The molecule has 0 radical (unpaired) electrons. The number of ether oxygens (including phenoxy) is 2. The Morgan fingerprint density at radius 1 is 0.826 bits per heavy atom. The van der Waals surface area contributed by atoms with E-state index in [-0.39, 0.29) is 5.54 Å². The van der Waals surface area contributed by atoms with Crippen molar-refractivity contribution in [2.75, 3.05) is 6.61 Å². The van der Waals surface area contributed by atoms with E-state index < -0.39 is 11.2 Å². The molecule has 2 aromatic rings. The summed E-state index contributed by atoms with van der Waals surface area (Å²) in [7, 11) is 0. The predicted molar refractivity (Wildman–Crippen MR) is 90.6 cm³/mol. The van der Waals surface area contributed by atoms with E-state index in [2.05, 4.69) is 45.0 Å². The summed E-state index contributed by atoms with van der Waals surface area (Å²) in [4.78, 5) is 4.77. The van der Waals surface area contributed by atoms with Crippen molar-refractivity contribution in [3.8, 4) is 0 Å². The van der Waals surface area contributed by atoms with Gasteiger partial charge in [0.15, 0.2) is 11.2 Å². The highest BCUT2D eigenvalue weighted by molar-refractivity contribution is 5.92. The number of benzene rings is 2. The fourth-order valence-corrected chi connectivity index (χ4v) is 3.48. The lowest BCUT2D eigenvalue weighted by Gasteiger charge is -2.18. The first-order valence-electron chi connectivity index (χ1n) is 8.02. The van der Waals surface area contributed by atoms with Gasteiger partial charge in [0, 0.05) is 0 Å². The topological polar surface area (TPSA) is 34.1 Å². The van der Waals surface area contributed by atoms with Crippen LogP contribution in [0.25, 0.3) is 0 Å². The lowest BCUT2D eigenvalue weighted by Crippen LogP contribution is -2.31. The highest BCUT2D eigenvalue weighted by Crippen LogP contribution is 2.61. The second kappa shape index (κ2) is 4.68. The van der Waals surface area contributed by atoms with Crippen LogP contribution < -0.4 is 0 Å². The second-order valence-electron chi connectivity index (χ2n) is 7.07. The van der Waals surface area contributed by atoms with E-state index in [1.165, 1.54) is 0 Å². The largest absolute Gasteiger partial charge is 0.476 e. The van der Waals surface area contributed by atoms with Crippen LogP contribution in [0, 0.1) is 0 Å². The Hall–Kier alpha value is -2.13. The molecule has 3 heteroatoms. The first kappa shape index (κ1) is 14.5. The third kappa shape index (κ3) is 2.03. The SMILES string of the molecule is CC1(C)COC([C@]2(C)OC2(c2ccccc2)c2ccccc2)=N1. The summed E-state index contributed by atoms with van der Waals surface area (Å²) in [6, 6.07) is 20.7. The molecular weight excluding hydrogens is 286 g/mol. The fourth-order valence-electron chi connectivity index (χ4n) is 3.48. The molecule has 4 rings (SSSR count). The molecule has 3 nitrogen and oxygen atoms in total. The van der Waals surface area contributed by atoms with Crippen LogP contribution in [0.3, 0.4) is 0 Å². The van der Waals surface area contributed by atoms with E-state index in [0.29, 0.717) is 12.5 Å². The lowest BCUT2D eigenvalue weighted by molar-refractivity contribution is 0.248. The van der Waals surface area contributed by atoms with Crippen LogP contribution in [0.5, 0.6) is 0 Å². The molecule has 0 aliphatic carbocycles. The lowest BCUT2D eigenvalue weighted by atomic mass is 9.81. The molecule has 0 unspecified atom stereocenters. The van der Waals surface area contributed by atoms with Crippen LogP contribution in [-0.4, -0.2) is 23.6 Å². The van der Waals surface area contributed by atoms with E-state index in [9.17, 15) is 0 Å². The normalized spacial score (nSPS) is 27.2. The third-order valence-corrected chi connectivity index (χ3v) is 4.72. The van der Waals surface area contributed by atoms with Gasteiger partial charge in [-0.25, -0.2) is 4.99 Å². The molecule has 2 aliphatic heterocycles. The maximum Gasteiger partial charge on any atom is 0.220 e.